The Morgan fingerprint density at radius 3 is 2.56 bits per heavy atom. The van der Waals surface area contributed by atoms with E-state index in [1.807, 2.05) is 29.2 Å². The number of piperidine rings is 1. The van der Waals surface area contributed by atoms with Gasteiger partial charge in [-0.1, -0.05) is 0 Å². The van der Waals surface area contributed by atoms with Gasteiger partial charge in [0.1, 0.15) is 11.5 Å². The molecule has 1 aromatic heterocycles. The van der Waals surface area contributed by atoms with E-state index in [9.17, 15) is 4.79 Å². The Kier molecular flexibility index (Phi) is 8.69. The summed E-state index contributed by atoms with van der Waals surface area (Å²) in [5.41, 5.74) is 6.47. The molecule has 0 saturated carbocycles. The van der Waals surface area contributed by atoms with Crippen molar-refractivity contribution in [2.45, 2.75) is 25.3 Å². The first-order chi connectivity index (χ1) is 11.3. The van der Waals surface area contributed by atoms with Crippen LogP contribution in [0.25, 0.3) is 0 Å². The molecule has 0 spiro atoms. The van der Waals surface area contributed by atoms with Crippen LogP contribution in [0.1, 0.15) is 29.6 Å². The molecule has 1 fully saturated rings. The minimum atomic E-state index is 0. The molecule has 0 bridgehead atoms. The average molecular weight is 384 g/mol. The number of benzene rings is 1. The van der Waals surface area contributed by atoms with Crippen LogP contribution >= 0.6 is 24.8 Å². The van der Waals surface area contributed by atoms with E-state index in [2.05, 4.69) is 4.98 Å². The zero-order chi connectivity index (χ0) is 16.1. The van der Waals surface area contributed by atoms with Crippen molar-refractivity contribution in [2.24, 2.45) is 5.73 Å². The quantitative estimate of drug-likeness (QED) is 0.874. The van der Waals surface area contributed by atoms with Crippen LogP contribution in [0.15, 0.2) is 48.8 Å². The number of hydrogen-bond acceptors (Lipinski definition) is 4. The van der Waals surface area contributed by atoms with Crippen LogP contribution < -0.4 is 10.5 Å². The summed E-state index contributed by atoms with van der Waals surface area (Å²) in [5.74, 6) is 1.41. The summed E-state index contributed by atoms with van der Waals surface area (Å²) in [4.78, 5) is 18.6. The second kappa shape index (κ2) is 10.2. The Morgan fingerprint density at radius 1 is 1.16 bits per heavy atom. The van der Waals surface area contributed by atoms with Crippen molar-refractivity contribution in [1.29, 1.82) is 0 Å². The predicted octanol–water partition coefficient (Wildman–Crippen LogP) is 3.67. The third-order valence-electron chi connectivity index (χ3n) is 4.13. The summed E-state index contributed by atoms with van der Waals surface area (Å²) >= 11 is 0. The first kappa shape index (κ1) is 21.2. The topological polar surface area (TPSA) is 68.5 Å². The third-order valence-corrected chi connectivity index (χ3v) is 4.13. The van der Waals surface area contributed by atoms with Gasteiger partial charge in [-0.05, 0) is 55.7 Å². The Balaban J connectivity index is 0.00000156. The van der Waals surface area contributed by atoms with E-state index < -0.39 is 0 Å². The van der Waals surface area contributed by atoms with Crippen molar-refractivity contribution in [3.05, 3.63) is 54.4 Å². The molecule has 3 rings (SSSR count). The molecule has 1 aliphatic rings. The molecule has 0 radical (unpaired) electrons. The number of carbonyl (C=O) groups excluding carboxylic acids is 1. The van der Waals surface area contributed by atoms with Crippen molar-refractivity contribution in [3.8, 4) is 11.5 Å². The number of halogens is 2. The van der Waals surface area contributed by atoms with Crippen molar-refractivity contribution >= 4 is 30.7 Å². The summed E-state index contributed by atoms with van der Waals surface area (Å²) in [5, 5.41) is 0. The number of pyridine rings is 1. The molecule has 1 amide bonds. The molecule has 1 aromatic carbocycles. The van der Waals surface area contributed by atoms with Gasteiger partial charge in [0, 0.05) is 30.9 Å². The zero-order valence-corrected chi connectivity index (χ0v) is 15.5. The van der Waals surface area contributed by atoms with Crippen LogP contribution in [0.2, 0.25) is 0 Å². The van der Waals surface area contributed by atoms with E-state index in [1.165, 1.54) is 0 Å². The molecule has 1 saturated heterocycles. The normalized spacial score (nSPS) is 16.4. The number of amides is 1. The summed E-state index contributed by atoms with van der Waals surface area (Å²) in [6.45, 7) is 1.31. The van der Waals surface area contributed by atoms with Crippen LogP contribution in [0, 0.1) is 0 Å². The number of ether oxygens (including phenoxy) is 1. The highest BCUT2D eigenvalue weighted by molar-refractivity contribution is 5.94. The maximum absolute atomic E-state index is 12.7. The highest BCUT2D eigenvalue weighted by Crippen LogP contribution is 2.23. The summed E-state index contributed by atoms with van der Waals surface area (Å²) in [7, 11) is 0. The van der Waals surface area contributed by atoms with Crippen LogP contribution in [-0.2, 0) is 0 Å². The van der Waals surface area contributed by atoms with E-state index in [-0.39, 0.29) is 36.8 Å². The summed E-state index contributed by atoms with van der Waals surface area (Å²) < 4.78 is 5.69. The molecule has 1 aliphatic heterocycles. The van der Waals surface area contributed by atoms with E-state index >= 15 is 0 Å². The molecule has 2 heterocycles. The second-order valence-corrected chi connectivity index (χ2v) is 5.70. The first-order valence-corrected chi connectivity index (χ1v) is 7.97. The molecule has 1 unspecified atom stereocenters. The number of aromatic nitrogens is 1. The summed E-state index contributed by atoms with van der Waals surface area (Å²) in [6, 6.07) is 11.0. The largest absolute Gasteiger partial charge is 0.456 e. The lowest BCUT2D eigenvalue weighted by atomic mass is 10.0. The number of nitrogens with two attached hydrogens (primary N) is 1. The van der Waals surface area contributed by atoms with Gasteiger partial charge in [0.05, 0.1) is 6.20 Å². The van der Waals surface area contributed by atoms with Gasteiger partial charge in [0.25, 0.3) is 5.91 Å². The number of hydrogen-bond donors (Lipinski definition) is 1. The van der Waals surface area contributed by atoms with Crippen molar-refractivity contribution < 1.29 is 9.53 Å². The van der Waals surface area contributed by atoms with Crippen LogP contribution in [-0.4, -0.2) is 34.9 Å². The molecular formula is C18H23Cl2N3O2. The molecule has 136 valence electrons. The van der Waals surface area contributed by atoms with E-state index in [0.717, 1.165) is 25.8 Å². The van der Waals surface area contributed by atoms with Crippen molar-refractivity contribution in [2.75, 3.05) is 13.1 Å². The van der Waals surface area contributed by atoms with Gasteiger partial charge < -0.3 is 15.4 Å². The van der Waals surface area contributed by atoms with Crippen LogP contribution in [0.3, 0.4) is 0 Å². The molecule has 5 nitrogen and oxygen atoms in total. The van der Waals surface area contributed by atoms with E-state index in [1.54, 1.807) is 24.5 Å². The van der Waals surface area contributed by atoms with E-state index in [4.69, 9.17) is 10.5 Å². The Morgan fingerprint density at radius 2 is 1.92 bits per heavy atom. The van der Waals surface area contributed by atoms with Gasteiger partial charge in [-0.3, -0.25) is 9.78 Å². The molecule has 25 heavy (non-hydrogen) atoms. The first-order valence-electron chi connectivity index (χ1n) is 7.97. The summed E-state index contributed by atoms with van der Waals surface area (Å²) in [6.07, 6.45) is 6.53. The number of nitrogens with zero attached hydrogens (tertiary/aromatic N) is 2. The van der Waals surface area contributed by atoms with Gasteiger partial charge in [-0.25, -0.2) is 0 Å². The standard InChI is InChI=1S/C18H21N3O2.2ClH/c19-12-15-4-1-2-11-21(15)18(22)14-6-8-16(9-7-14)23-17-5-3-10-20-13-17;;/h3,5-10,13,15H,1-2,4,11-12,19H2;2*1H. The fraction of sp³-hybridized carbons (Fsp3) is 0.333. The van der Waals surface area contributed by atoms with Crippen LogP contribution in [0.5, 0.6) is 11.5 Å². The van der Waals surface area contributed by atoms with Crippen molar-refractivity contribution in [3.63, 3.8) is 0 Å². The zero-order valence-electron chi connectivity index (χ0n) is 13.8. The lowest BCUT2D eigenvalue weighted by Gasteiger charge is -2.35. The average Bonchev–Trinajstić information content (AvgIpc) is 2.62. The molecule has 0 aliphatic carbocycles. The number of carbonyl (C=O) groups is 1. The Bertz CT molecular complexity index is 653. The maximum atomic E-state index is 12.7. The van der Waals surface area contributed by atoms with E-state index in [0.29, 0.717) is 23.6 Å². The minimum absolute atomic E-state index is 0. The maximum Gasteiger partial charge on any atom is 0.254 e. The molecule has 2 aromatic rings. The predicted molar refractivity (Wildman–Crippen MR) is 103 cm³/mol. The number of likely N-dealkylation sites (tertiary alicyclic amines) is 1. The van der Waals surface area contributed by atoms with Gasteiger partial charge in [0.2, 0.25) is 0 Å². The smallest absolute Gasteiger partial charge is 0.254 e. The minimum Gasteiger partial charge on any atom is -0.456 e. The van der Waals surface area contributed by atoms with Gasteiger partial charge in [-0.15, -0.1) is 24.8 Å². The highest BCUT2D eigenvalue weighted by Gasteiger charge is 2.26. The fourth-order valence-electron chi connectivity index (χ4n) is 2.89. The molecule has 7 heteroatoms. The third kappa shape index (κ3) is 5.33. The fourth-order valence-corrected chi connectivity index (χ4v) is 2.89. The van der Waals surface area contributed by atoms with Crippen LogP contribution in [0.4, 0.5) is 0 Å². The molecule has 1 atom stereocenters. The van der Waals surface area contributed by atoms with Gasteiger partial charge in [-0.2, -0.15) is 0 Å². The lowest BCUT2D eigenvalue weighted by Crippen LogP contribution is -2.47. The Hall–Kier alpha value is -1.82. The second-order valence-electron chi connectivity index (χ2n) is 5.70. The monoisotopic (exact) mass is 383 g/mol. The SMILES string of the molecule is Cl.Cl.NCC1CCCCN1C(=O)c1ccc(Oc2cccnc2)cc1. The number of rotatable bonds is 4. The highest BCUT2D eigenvalue weighted by atomic mass is 35.5. The van der Waals surface area contributed by atoms with Gasteiger partial charge in [0.15, 0.2) is 0 Å². The van der Waals surface area contributed by atoms with Crippen molar-refractivity contribution in [1.82, 2.24) is 9.88 Å². The lowest BCUT2D eigenvalue weighted by molar-refractivity contribution is 0.0623. The molecule has 2 N–H and O–H groups in total. The molecular weight excluding hydrogens is 361 g/mol. The van der Waals surface area contributed by atoms with Gasteiger partial charge >= 0.3 is 0 Å². The Labute approximate surface area is 160 Å².